The maximum atomic E-state index is 11.6. The van der Waals surface area contributed by atoms with Gasteiger partial charge in [0.15, 0.2) is 0 Å². The fourth-order valence-electron chi connectivity index (χ4n) is 1.90. The predicted octanol–water partition coefficient (Wildman–Crippen LogP) is 2.59. The number of hydrogen-bond donors (Lipinski definition) is 2. The summed E-state index contributed by atoms with van der Waals surface area (Å²) in [6, 6.07) is 3.88. The fourth-order valence-corrected chi connectivity index (χ4v) is 1.90. The molecule has 0 bridgehead atoms. The maximum Gasteiger partial charge on any atom is 0.407 e. The molecule has 0 fully saturated rings. The van der Waals surface area contributed by atoms with E-state index in [-0.39, 0.29) is 6.04 Å². The molecule has 2 aromatic heterocycles. The van der Waals surface area contributed by atoms with Gasteiger partial charge < -0.3 is 15.4 Å². The van der Waals surface area contributed by atoms with Gasteiger partial charge in [0.2, 0.25) is 0 Å². The number of rotatable bonds is 5. The molecule has 0 radical (unpaired) electrons. The first-order chi connectivity index (χ1) is 10.8. The number of aromatic nitrogens is 3. The van der Waals surface area contributed by atoms with E-state index in [0.29, 0.717) is 6.54 Å². The molecule has 124 valence electrons. The Morgan fingerprint density at radius 2 is 2.17 bits per heavy atom. The van der Waals surface area contributed by atoms with Gasteiger partial charge in [-0.3, -0.25) is 4.57 Å². The molecular weight excluding hydrogens is 294 g/mol. The molecule has 0 aliphatic carbocycles. The molecule has 2 rings (SSSR count). The Labute approximate surface area is 136 Å². The van der Waals surface area contributed by atoms with E-state index in [4.69, 9.17) is 4.74 Å². The summed E-state index contributed by atoms with van der Waals surface area (Å²) >= 11 is 0. The second-order valence-electron chi connectivity index (χ2n) is 6.30. The van der Waals surface area contributed by atoms with Crippen molar-refractivity contribution in [3.05, 3.63) is 37.1 Å². The molecule has 0 aliphatic rings. The highest BCUT2D eigenvalue weighted by Crippen LogP contribution is 2.11. The monoisotopic (exact) mass is 317 g/mol. The summed E-state index contributed by atoms with van der Waals surface area (Å²) in [6.07, 6.45) is 6.57. The molecule has 1 atom stereocenters. The number of pyridine rings is 1. The van der Waals surface area contributed by atoms with Crippen LogP contribution < -0.4 is 10.6 Å². The van der Waals surface area contributed by atoms with Crippen LogP contribution in [0.1, 0.15) is 27.7 Å². The van der Waals surface area contributed by atoms with Gasteiger partial charge in [-0.15, -0.1) is 0 Å². The Balaban J connectivity index is 1.81. The molecule has 0 saturated carbocycles. The summed E-state index contributed by atoms with van der Waals surface area (Å²) in [7, 11) is 0. The summed E-state index contributed by atoms with van der Waals surface area (Å²) in [6.45, 7) is 7.94. The van der Waals surface area contributed by atoms with Crippen LogP contribution in [-0.4, -0.2) is 38.8 Å². The minimum absolute atomic E-state index is 0.0448. The van der Waals surface area contributed by atoms with Crippen molar-refractivity contribution in [3.8, 4) is 5.82 Å². The Hall–Kier alpha value is -2.57. The number of carbonyl (C=O) groups excluding carboxylic acids is 1. The van der Waals surface area contributed by atoms with Crippen LogP contribution >= 0.6 is 0 Å². The molecule has 7 heteroatoms. The Morgan fingerprint density at radius 1 is 1.39 bits per heavy atom. The van der Waals surface area contributed by atoms with Gasteiger partial charge in [0.1, 0.15) is 17.7 Å². The first kappa shape index (κ1) is 16.8. The average molecular weight is 317 g/mol. The molecule has 1 amide bonds. The van der Waals surface area contributed by atoms with Crippen LogP contribution in [0.25, 0.3) is 5.82 Å². The lowest BCUT2D eigenvalue weighted by atomic mass is 10.2. The van der Waals surface area contributed by atoms with Gasteiger partial charge in [-0.1, -0.05) is 0 Å². The van der Waals surface area contributed by atoms with Crippen molar-refractivity contribution < 1.29 is 9.53 Å². The van der Waals surface area contributed by atoms with E-state index < -0.39 is 11.7 Å². The molecule has 0 aliphatic heterocycles. The van der Waals surface area contributed by atoms with Crippen LogP contribution in [0, 0.1) is 0 Å². The number of carbonyl (C=O) groups is 1. The number of ether oxygens (including phenoxy) is 1. The predicted molar refractivity (Wildman–Crippen MR) is 88.7 cm³/mol. The standard InChI is InChI=1S/C16H23N5O2/c1-12(9-19-15(22)23-16(2,3)4)20-13-5-6-14(18-10-13)21-8-7-17-11-21/h5-8,10-12,20H,9H2,1-4H3,(H,19,22). The molecule has 2 heterocycles. The topological polar surface area (TPSA) is 81.1 Å². The molecule has 23 heavy (non-hydrogen) atoms. The highest BCUT2D eigenvalue weighted by atomic mass is 16.6. The van der Waals surface area contributed by atoms with Crippen molar-refractivity contribution in [1.29, 1.82) is 0 Å². The highest BCUT2D eigenvalue weighted by Gasteiger charge is 2.16. The van der Waals surface area contributed by atoms with Gasteiger partial charge >= 0.3 is 6.09 Å². The van der Waals surface area contributed by atoms with Crippen LogP contribution in [0.15, 0.2) is 37.1 Å². The van der Waals surface area contributed by atoms with Crippen LogP contribution in [-0.2, 0) is 4.74 Å². The third-order valence-electron chi connectivity index (χ3n) is 2.88. The van der Waals surface area contributed by atoms with Crippen LogP contribution in [0.4, 0.5) is 10.5 Å². The average Bonchev–Trinajstić information content (AvgIpc) is 2.98. The summed E-state index contributed by atoms with van der Waals surface area (Å²) in [5, 5.41) is 6.01. The van der Waals surface area contributed by atoms with Gasteiger partial charge in [-0.25, -0.2) is 14.8 Å². The summed E-state index contributed by atoms with van der Waals surface area (Å²) in [5.74, 6) is 0.799. The van der Waals surface area contributed by atoms with E-state index in [1.165, 1.54) is 0 Å². The van der Waals surface area contributed by atoms with Gasteiger partial charge in [-0.2, -0.15) is 0 Å². The fraction of sp³-hybridized carbons (Fsp3) is 0.438. The first-order valence-corrected chi connectivity index (χ1v) is 7.51. The smallest absolute Gasteiger partial charge is 0.407 e. The number of nitrogens with one attached hydrogen (secondary N) is 2. The number of alkyl carbamates (subject to hydrolysis) is 1. The third-order valence-corrected chi connectivity index (χ3v) is 2.88. The Kier molecular flexibility index (Phi) is 5.20. The van der Waals surface area contributed by atoms with Crippen molar-refractivity contribution in [2.24, 2.45) is 0 Å². The normalized spacial score (nSPS) is 12.5. The van der Waals surface area contributed by atoms with Gasteiger partial charge in [0.05, 0.1) is 11.9 Å². The second kappa shape index (κ2) is 7.13. The molecular formula is C16H23N5O2. The quantitative estimate of drug-likeness (QED) is 0.886. The zero-order valence-electron chi connectivity index (χ0n) is 13.9. The number of amides is 1. The molecule has 2 aromatic rings. The van der Waals surface area contributed by atoms with Gasteiger partial charge in [0, 0.05) is 25.0 Å². The number of hydrogen-bond acceptors (Lipinski definition) is 5. The van der Waals surface area contributed by atoms with Crippen molar-refractivity contribution in [2.45, 2.75) is 39.3 Å². The summed E-state index contributed by atoms with van der Waals surface area (Å²) < 4.78 is 7.03. The summed E-state index contributed by atoms with van der Waals surface area (Å²) in [5.41, 5.74) is 0.390. The second-order valence-corrected chi connectivity index (χ2v) is 6.30. The van der Waals surface area contributed by atoms with Crippen LogP contribution in [0.3, 0.4) is 0 Å². The van der Waals surface area contributed by atoms with Crippen molar-refractivity contribution >= 4 is 11.8 Å². The lowest BCUT2D eigenvalue weighted by Crippen LogP contribution is -2.38. The van der Waals surface area contributed by atoms with Crippen molar-refractivity contribution in [2.75, 3.05) is 11.9 Å². The molecule has 0 spiro atoms. The van der Waals surface area contributed by atoms with E-state index in [2.05, 4.69) is 20.6 Å². The van der Waals surface area contributed by atoms with E-state index in [9.17, 15) is 4.79 Å². The van der Waals surface area contributed by atoms with E-state index in [1.54, 1.807) is 18.7 Å². The van der Waals surface area contributed by atoms with E-state index in [1.807, 2.05) is 50.6 Å². The van der Waals surface area contributed by atoms with Gasteiger partial charge in [0.25, 0.3) is 0 Å². The molecule has 2 N–H and O–H groups in total. The molecule has 7 nitrogen and oxygen atoms in total. The number of nitrogens with zero attached hydrogens (tertiary/aromatic N) is 3. The highest BCUT2D eigenvalue weighted by molar-refractivity contribution is 5.67. The van der Waals surface area contributed by atoms with Crippen LogP contribution in [0.2, 0.25) is 0 Å². The maximum absolute atomic E-state index is 11.6. The van der Waals surface area contributed by atoms with E-state index >= 15 is 0 Å². The zero-order valence-corrected chi connectivity index (χ0v) is 13.9. The SMILES string of the molecule is CC(CNC(=O)OC(C)(C)C)Nc1ccc(-n2ccnc2)nc1. The Bertz CT molecular complexity index is 617. The van der Waals surface area contributed by atoms with Crippen LogP contribution in [0.5, 0.6) is 0 Å². The lowest BCUT2D eigenvalue weighted by molar-refractivity contribution is 0.0526. The zero-order chi connectivity index (χ0) is 16.9. The van der Waals surface area contributed by atoms with Crippen molar-refractivity contribution in [3.63, 3.8) is 0 Å². The molecule has 1 unspecified atom stereocenters. The Morgan fingerprint density at radius 3 is 2.74 bits per heavy atom. The third kappa shape index (κ3) is 5.61. The minimum Gasteiger partial charge on any atom is -0.444 e. The number of imidazole rings is 1. The largest absolute Gasteiger partial charge is 0.444 e. The van der Waals surface area contributed by atoms with Crippen molar-refractivity contribution in [1.82, 2.24) is 19.9 Å². The summed E-state index contributed by atoms with van der Waals surface area (Å²) in [4.78, 5) is 20.0. The molecule has 0 saturated heterocycles. The number of anilines is 1. The molecule has 0 aromatic carbocycles. The minimum atomic E-state index is -0.492. The first-order valence-electron chi connectivity index (χ1n) is 7.51. The van der Waals surface area contributed by atoms with Gasteiger partial charge in [-0.05, 0) is 39.8 Å². The van der Waals surface area contributed by atoms with E-state index in [0.717, 1.165) is 11.5 Å². The lowest BCUT2D eigenvalue weighted by Gasteiger charge is -2.21.